The number of carbonyl (C=O) groups excluding carboxylic acids is 2. The Morgan fingerprint density at radius 1 is 1.29 bits per heavy atom. The summed E-state index contributed by atoms with van der Waals surface area (Å²) in [5, 5.41) is 5.54. The van der Waals surface area contributed by atoms with E-state index in [1.54, 1.807) is 30.0 Å². The Morgan fingerprint density at radius 3 is 2.95 bits per heavy atom. The summed E-state index contributed by atoms with van der Waals surface area (Å²) in [6.07, 6.45) is 0.457. The van der Waals surface area contributed by atoms with Crippen LogP contribution in [-0.2, 0) is 9.59 Å². The van der Waals surface area contributed by atoms with Crippen LogP contribution in [0.25, 0.3) is 0 Å². The van der Waals surface area contributed by atoms with Gasteiger partial charge in [-0.25, -0.2) is 0 Å². The third kappa shape index (κ3) is 3.41. The third-order valence-electron chi connectivity index (χ3n) is 3.22. The summed E-state index contributed by atoms with van der Waals surface area (Å²) < 4.78 is 10.9. The van der Waals surface area contributed by atoms with Crippen LogP contribution in [0.1, 0.15) is 6.42 Å². The Kier molecular flexibility index (Phi) is 4.19. The lowest BCUT2D eigenvalue weighted by Gasteiger charge is -2.20. The number of fused-ring (bicyclic) bond motifs is 1. The maximum Gasteiger partial charge on any atom is 0.247 e. The number of carbonyl (C=O) groups is 2. The van der Waals surface area contributed by atoms with Crippen molar-refractivity contribution in [3.63, 3.8) is 0 Å². The number of hydrogen-bond acceptors (Lipinski definition) is 5. The predicted molar refractivity (Wildman–Crippen MR) is 79.9 cm³/mol. The van der Waals surface area contributed by atoms with E-state index in [9.17, 15) is 9.59 Å². The van der Waals surface area contributed by atoms with Gasteiger partial charge in [-0.15, -0.1) is 0 Å². The lowest BCUT2D eigenvalue weighted by atomic mass is 10.2. The van der Waals surface area contributed by atoms with E-state index in [1.807, 2.05) is 0 Å². The molecule has 3 rings (SSSR count). The molecule has 0 spiro atoms. The first-order chi connectivity index (χ1) is 10.2. The molecule has 0 saturated carbocycles. The number of rotatable bonds is 2. The van der Waals surface area contributed by atoms with Crippen molar-refractivity contribution in [1.29, 1.82) is 0 Å². The summed E-state index contributed by atoms with van der Waals surface area (Å²) in [4.78, 5) is 23.7. The molecule has 1 aromatic carbocycles. The number of benzene rings is 1. The minimum atomic E-state index is -0.502. The highest BCUT2D eigenvalue weighted by molar-refractivity contribution is 7.99. The second-order valence-corrected chi connectivity index (χ2v) is 5.94. The standard InChI is InChI=1S/C14H16N2O4S/c17-13-3-6-21-8-10(16-13)14(18)15-9-1-2-11-12(7-9)20-5-4-19-11/h1-2,7,10H,3-6,8H2,(H,15,18)(H,16,17). The van der Waals surface area contributed by atoms with Crippen LogP contribution in [0, 0.1) is 0 Å². The average Bonchev–Trinajstić information content (AvgIpc) is 2.72. The maximum atomic E-state index is 12.2. The molecular formula is C14H16N2O4S. The fraction of sp³-hybridized carbons (Fsp3) is 0.429. The van der Waals surface area contributed by atoms with Crippen molar-refractivity contribution in [2.24, 2.45) is 0 Å². The molecule has 2 N–H and O–H groups in total. The Bertz CT molecular complexity index is 564. The molecule has 7 heteroatoms. The highest BCUT2D eigenvalue weighted by Crippen LogP contribution is 2.32. The van der Waals surface area contributed by atoms with Crippen LogP contribution in [0.15, 0.2) is 18.2 Å². The molecule has 1 saturated heterocycles. The van der Waals surface area contributed by atoms with E-state index < -0.39 is 6.04 Å². The van der Waals surface area contributed by atoms with Crippen LogP contribution < -0.4 is 20.1 Å². The minimum absolute atomic E-state index is 0.0812. The normalized spacial score (nSPS) is 21.1. The summed E-state index contributed by atoms with van der Waals surface area (Å²) in [6, 6.07) is 4.76. The average molecular weight is 308 g/mol. The van der Waals surface area contributed by atoms with E-state index in [4.69, 9.17) is 9.47 Å². The molecule has 6 nitrogen and oxygen atoms in total. The van der Waals surface area contributed by atoms with Crippen molar-refractivity contribution in [2.45, 2.75) is 12.5 Å². The van der Waals surface area contributed by atoms with Gasteiger partial charge < -0.3 is 20.1 Å². The summed E-state index contributed by atoms with van der Waals surface area (Å²) in [5.74, 6) is 2.34. The molecule has 1 fully saturated rings. The van der Waals surface area contributed by atoms with Crippen LogP contribution in [0.3, 0.4) is 0 Å². The van der Waals surface area contributed by atoms with E-state index in [2.05, 4.69) is 10.6 Å². The SMILES string of the molecule is O=C1CCSCC(C(=O)Nc2ccc3c(c2)OCCO3)N1. The smallest absolute Gasteiger partial charge is 0.247 e. The highest BCUT2D eigenvalue weighted by atomic mass is 32.2. The quantitative estimate of drug-likeness (QED) is 0.853. The highest BCUT2D eigenvalue weighted by Gasteiger charge is 2.24. The van der Waals surface area contributed by atoms with Gasteiger partial charge in [0, 0.05) is 29.7 Å². The van der Waals surface area contributed by atoms with Crippen molar-refractivity contribution >= 4 is 29.3 Å². The minimum Gasteiger partial charge on any atom is -0.486 e. The molecule has 2 aliphatic heterocycles. The molecule has 1 unspecified atom stereocenters. The zero-order valence-corrected chi connectivity index (χ0v) is 12.2. The summed E-state index contributed by atoms with van der Waals surface area (Å²) in [7, 11) is 0. The van der Waals surface area contributed by atoms with Gasteiger partial charge in [-0.05, 0) is 12.1 Å². The zero-order chi connectivity index (χ0) is 14.7. The second kappa shape index (κ2) is 6.26. The number of thioether (sulfide) groups is 1. The number of amides is 2. The fourth-order valence-electron chi connectivity index (χ4n) is 2.17. The number of ether oxygens (including phenoxy) is 2. The van der Waals surface area contributed by atoms with E-state index in [0.717, 1.165) is 5.75 Å². The van der Waals surface area contributed by atoms with Gasteiger partial charge in [-0.1, -0.05) is 0 Å². The topological polar surface area (TPSA) is 76.7 Å². The molecule has 2 amide bonds. The maximum absolute atomic E-state index is 12.2. The Balaban J connectivity index is 1.67. The Hall–Kier alpha value is -1.89. The molecule has 0 radical (unpaired) electrons. The number of anilines is 1. The molecule has 21 heavy (non-hydrogen) atoms. The van der Waals surface area contributed by atoms with Crippen LogP contribution >= 0.6 is 11.8 Å². The van der Waals surface area contributed by atoms with Crippen LogP contribution in [0.2, 0.25) is 0 Å². The first-order valence-corrected chi connectivity index (χ1v) is 7.95. The fourth-order valence-corrected chi connectivity index (χ4v) is 3.13. The molecular weight excluding hydrogens is 292 g/mol. The number of hydrogen-bond donors (Lipinski definition) is 2. The molecule has 0 aromatic heterocycles. The van der Waals surface area contributed by atoms with Crippen molar-refractivity contribution in [1.82, 2.24) is 5.32 Å². The van der Waals surface area contributed by atoms with Crippen molar-refractivity contribution in [2.75, 3.05) is 30.0 Å². The first-order valence-electron chi connectivity index (χ1n) is 6.80. The number of nitrogens with one attached hydrogen (secondary N) is 2. The van der Waals surface area contributed by atoms with Crippen molar-refractivity contribution < 1.29 is 19.1 Å². The largest absolute Gasteiger partial charge is 0.486 e. The summed E-state index contributed by atoms with van der Waals surface area (Å²) >= 11 is 1.60. The molecule has 0 bridgehead atoms. The molecule has 2 aliphatic rings. The van der Waals surface area contributed by atoms with E-state index in [0.29, 0.717) is 42.6 Å². The lowest BCUT2D eigenvalue weighted by molar-refractivity contribution is -0.125. The van der Waals surface area contributed by atoms with Gasteiger partial charge >= 0.3 is 0 Å². The van der Waals surface area contributed by atoms with E-state index in [-0.39, 0.29) is 11.8 Å². The Morgan fingerprint density at radius 2 is 2.10 bits per heavy atom. The van der Waals surface area contributed by atoms with Crippen molar-refractivity contribution in [3.8, 4) is 11.5 Å². The second-order valence-electron chi connectivity index (χ2n) is 4.79. The molecule has 1 aromatic rings. The molecule has 2 heterocycles. The van der Waals surface area contributed by atoms with Crippen LogP contribution in [0.5, 0.6) is 11.5 Å². The molecule has 112 valence electrons. The molecule has 1 atom stereocenters. The third-order valence-corrected chi connectivity index (χ3v) is 4.28. The van der Waals surface area contributed by atoms with Gasteiger partial charge in [0.25, 0.3) is 0 Å². The predicted octanol–water partition coefficient (Wildman–Crippen LogP) is 1.02. The van der Waals surface area contributed by atoms with Crippen molar-refractivity contribution in [3.05, 3.63) is 18.2 Å². The Labute approximate surface area is 126 Å². The zero-order valence-electron chi connectivity index (χ0n) is 11.4. The summed E-state index contributed by atoms with van der Waals surface area (Å²) in [6.45, 7) is 1.03. The van der Waals surface area contributed by atoms with Gasteiger partial charge in [0.05, 0.1) is 0 Å². The van der Waals surface area contributed by atoms with Gasteiger partial charge in [-0.3, -0.25) is 9.59 Å². The molecule has 0 aliphatic carbocycles. The lowest BCUT2D eigenvalue weighted by Crippen LogP contribution is -2.44. The summed E-state index contributed by atoms with van der Waals surface area (Å²) in [5.41, 5.74) is 0.632. The van der Waals surface area contributed by atoms with Gasteiger partial charge in [0.15, 0.2) is 11.5 Å². The van der Waals surface area contributed by atoms with Gasteiger partial charge in [0.2, 0.25) is 11.8 Å². The van der Waals surface area contributed by atoms with Gasteiger partial charge in [0.1, 0.15) is 19.3 Å². The first kappa shape index (κ1) is 14.1. The monoisotopic (exact) mass is 308 g/mol. The van der Waals surface area contributed by atoms with Gasteiger partial charge in [-0.2, -0.15) is 11.8 Å². The van der Waals surface area contributed by atoms with Crippen LogP contribution in [0.4, 0.5) is 5.69 Å². The van der Waals surface area contributed by atoms with Crippen LogP contribution in [-0.4, -0.2) is 42.6 Å². The van der Waals surface area contributed by atoms with E-state index >= 15 is 0 Å². The van der Waals surface area contributed by atoms with E-state index in [1.165, 1.54) is 0 Å².